The van der Waals surface area contributed by atoms with Gasteiger partial charge in [0.05, 0.1) is 6.04 Å². The molecule has 1 aromatic carbocycles. The number of aromatic nitrogens is 1. The summed E-state index contributed by atoms with van der Waals surface area (Å²) >= 11 is 0. The highest BCUT2D eigenvalue weighted by molar-refractivity contribution is 5.71. The Morgan fingerprint density at radius 2 is 1.76 bits per heavy atom. The van der Waals surface area contributed by atoms with Crippen molar-refractivity contribution in [3.05, 3.63) is 47.3 Å². The summed E-state index contributed by atoms with van der Waals surface area (Å²) in [6.07, 6.45) is 7.43. The lowest BCUT2D eigenvalue weighted by atomic mass is 9.91. The lowest BCUT2D eigenvalue weighted by molar-refractivity contribution is 0.170. The largest absolute Gasteiger partial charge is 0.352 e. The molecule has 133 valence electrons. The zero-order chi connectivity index (χ0) is 17.4. The highest BCUT2D eigenvalue weighted by atomic mass is 15.2. The van der Waals surface area contributed by atoms with E-state index in [1.807, 2.05) is 0 Å². The van der Waals surface area contributed by atoms with Crippen LogP contribution in [0.25, 0.3) is 11.1 Å². The second-order valence-corrected chi connectivity index (χ2v) is 7.89. The fourth-order valence-corrected chi connectivity index (χ4v) is 4.77. The van der Waals surface area contributed by atoms with Crippen molar-refractivity contribution in [2.24, 2.45) is 7.05 Å². The maximum atomic E-state index is 5.05. The minimum Gasteiger partial charge on any atom is -0.352 e. The summed E-state index contributed by atoms with van der Waals surface area (Å²) < 4.78 is 2.32. The standard InChI is InChI=1S/C22H30N3/c1-16-6-8-18(9-7-16)21-17(2)15-24(3)22(21)20-14-19(10-11-23-20)25-12-4-5-13-25/h6-9,15,19-20H,4-5,10-14H2,1-3H3. The Morgan fingerprint density at radius 1 is 1.04 bits per heavy atom. The summed E-state index contributed by atoms with van der Waals surface area (Å²) in [6, 6.07) is 10.0. The van der Waals surface area contributed by atoms with E-state index in [0.29, 0.717) is 12.1 Å². The predicted molar refractivity (Wildman–Crippen MR) is 104 cm³/mol. The smallest absolute Gasteiger partial charge is 0.0668 e. The van der Waals surface area contributed by atoms with Crippen LogP contribution in [0.2, 0.25) is 0 Å². The van der Waals surface area contributed by atoms with Crippen LogP contribution in [-0.4, -0.2) is 35.1 Å². The van der Waals surface area contributed by atoms with E-state index >= 15 is 0 Å². The fourth-order valence-electron chi connectivity index (χ4n) is 4.77. The van der Waals surface area contributed by atoms with E-state index in [2.05, 4.69) is 60.8 Å². The van der Waals surface area contributed by atoms with Gasteiger partial charge >= 0.3 is 0 Å². The second-order valence-electron chi connectivity index (χ2n) is 7.89. The average Bonchev–Trinajstić information content (AvgIpc) is 3.24. The average molecular weight is 337 g/mol. The van der Waals surface area contributed by atoms with E-state index in [-0.39, 0.29) is 0 Å². The predicted octanol–water partition coefficient (Wildman–Crippen LogP) is 4.21. The Bertz CT molecular complexity index is 722. The molecule has 0 N–H and O–H groups in total. The molecule has 3 heteroatoms. The number of hydrogen-bond acceptors (Lipinski definition) is 1. The SMILES string of the molecule is Cc1ccc(-c2c(C)cn(C)c2C2CC(N3CCCC3)CC[N]2)cc1. The third kappa shape index (κ3) is 3.28. The van der Waals surface area contributed by atoms with E-state index in [1.54, 1.807) is 0 Å². The molecule has 1 aromatic heterocycles. The first-order valence-corrected chi connectivity index (χ1v) is 9.77. The zero-order valence-electron chi connectivity index (χ0n) is 15.8. The van der Waals surface area contributed by atoms with E-state index < -0.39 is 0 Å². The van der Waals surface area contributed by atoms with Crippen LogP contribution in [0.4, 0.5) is 0 Å². The van der Waals surface area contributed by atoms with Crippen molar-refractivity contribution in [2.75, 3.05) is 19.6 Å². The number of aryl methyl sites for hydroxylation is 3. The van der Waals surface area contributed by atoms with E-state index in [9.17, 15) is 0 Å². The number of likely N-dealkylation sites (tertiary alicyclic amines) is 1. The maximum Gasteiger partial charge on any atom is 0.0668 e. The summed E-state index contributed by atoms with van der Waals surface area (Å²) in [4.78, 5) is 2.71. The molecule has 2 unspecified atom stereocenters. The van der Waals surface area contributed by atoms with Gasteiger partial charge in [-0.15, -0.1) is 0 Å². The number of benzene rings is 1. The van der Waals surface area contributed by atoms with E-state index in [1.165, 1.54) is 66.7 Å². The molecule has 3 heterocycles. The van der Waals surface area contributed by atoms with Crippen LogP contribution < -0.4 is 5.32 Å². The first-order valence-electron chi connectivity index (χ1n) is 9.77. The molecular formula is C22H30N3. The molecule has 0 aliphatic carbocycles. The summed E-state index contributed by atoms with van der Waals surface area (Å²) in [6.45, 7) is 7.96. The van der Waals surface area contributed by atoms with Crippen LogP contribution >= 0.6 is 0 Å². The highest BCUT2D eigenvalue weighted by Gasteiger charge is 2.32. The Kier molecular flexibility index (Phi) is 4.70. The van der Waals surface area contributed by atoms with Gasteiger partial charge in [0.2, 0.25) is 0 Å². The Hall–Kier alpha value is -1.58. The van der Waals surface area contributed by atoms with Crippen molar-refractivity contribution >= 4 is 0 Å². The van der Waals surface area contributed by atoms with Gasteiger partial charge in [0.15, 0.2) is 0 Å². The van der Waals surface area contributed by atoms with Crippen LogP contribution in [0.1, 0.15) is 48.5 Å². The molecule has 0 spiro atoms. The summed E-state index contributed by atoms with van der Waals surface area (Å²) in [7, 11) is 2.19. The number of nitrogens with zero attached hydrogens (tertiary/aromatic N) is 3. The fraction of sp³-hybridized carbons (Fsp3) is 0.545. The van der Waals surface area contributed by atoms with Crippen LogP contribution in [-0.2, 0) is 7.05 Å². The van der Waals surface area contributed by atoms with Gasteiger partial charge in [-0.05, 0) is 63.7 Å². The van der Waals surface area contributed by atoms with Crippen molar-refractivity contribution in [3.63, 3.8) is 0 Å². The van der Waals surface area contributed by atoms with Gasteiger partial charge < -0.3 is 9.47 Å². The van der Waals surface area contributed by atoms with Gasteiger partial charge in [-0.3, -0.25) is 0 Å². The third-order valence-corrected chi connectivity index (χ3v) is 6.04. The van der Waals surface area contributed by atoms with Crippen molar-refractivity contribution in [3.8, 4) is 11.1 Å². The van der Waals surface area contributed by atoms with Crippen LogP contribution in [0.15, 0.2) is 30.5 Å². The molecule has 4 rings (SSSR count). The lowest BCUT2D eigenvalue weighted by Gasteiger charge is -2.35. The van der Waals surface area contributed by atoms with Crippen LogP contribution in [0.3, 0.4) is 0 Å². The van der Waals surface area contributed by atoms with Crippen LogP contribution in [0, 0.1) is 13.8 Å². The second kappa shape index (κ2) is 6.97. The molecule has 2 atom stereocenters. The molecule has 2 aliphatic heterocycles. The Balaban J connectivity index is 1.66. The molecule has 0 saturated carbocycles. The highest BCUT2D eigenvalue weighted by Crippen LogP contribution is 2.37. The first kappa shape index (κ1) is 16.9. The monoisotopic (exact) mass is 336 g/mol. The van der Waals surface area contributed by atoms with Crippen molar-refractivity contribution in [1.29, 1.82) is 0 Å². The molecule has 2 aromatic rings. The maximum absolute atomic E-state index is 5.05. The number of piperidine rings is 1. The zero-order valence-corrected chi connectivity index (χ0v) is 15.8. The number of hydrogen-bond donors (Lipinski definition) is 0. The van der Waals surface area contributed by atoms with Gasteiger partial charge in [0.25, 0.3) is 0 Å². The number of rotatable bonds is 3. The first-order chi connectivity index (χ1) is 12.1. The lowest BCUT2D eigenvalue weighted by Crippen LogP contribution is -2.41. The molecular weight excluding hydrogens is 306 g/mol. The van der Waals surface area contributed by atoms with Crippen LogP contribution in [0.5, 0.6) is 0 Å². The minimum atomic E-state index is 0.328. The third-order valence-electron chi connectivity index (χ3n) is 6.04. The Labute approximate surface area is 152 Å². The normalized spacial score (nSPS) is 24.8. The summed E-state index contributed by atoms with van der Waals surface area (Å²) in [5.41, 5.74) is 6.82. The molecule has 1 radical (unpaired) electrons. The van der Waals surface area contributed by atoms with Gasteiger partial charge in [-0.1, -0.05) is 29.8 Å². The van der Waals surface area contributed by atoms with Gasteiger partial charge in [0, 0.05) is 37.1 Å². The van der Waals surface area contributed by atoms with E-state index in [0.717, 1.165) is 6.54 Å². The molecule has 3 nitrogen and oxygen atoms in total. The topological polar surface area (TPSA) is 22.3 Å². The molecule has 0 amide bonds. The molecule has 25 heavy (non-hydrogen) atoms. The molecule has 2 fully saturated rings. The quantitative estimate of drug-likeness (QED) is 0.823. The van der Waals surface area contributed by atoms with Crippen molar-refractivity contribution in [2.45, 2.75) is 51.6 Å². The summed E-state index contributed by atoms with van der Waals surface area (Å²) in [5.74, 6) is 0. The van der Waals surface area contributed by atoms with Gasteiger partial charge in [-0.2, -0.15) is 0 Å². The van der Waals surface area contributed by atoms with Crippen molar-refractivity contribution < 1.29 is 0 Å². The minimum absolute atomic E-state index is 0.328. The van der Waals surface area contributed by atoms with Crippen molar-refractivity contribution in [1.82, 2.24) is 14.8 Å². The Morgan fingerprint density at radius 3 is 2.48 bits per heavy atom. The molecule has 0 bridgehead atoms. The summed E-state index contributed by atoms with van der Waals surface area (Å²) in [5, 5.41) is 5.05. The van der Waals surface area contributed by atoms with Gasteiger partial charge in [0.1, 0.15) is 0 Å². The molecule has 2 aliphatic rings. The van der Waals surface area contributed by atoms with Gasteiger partial charge in [-0.25, -0.2) is 5.32 Å². The molecule has 2 saturated heterocycles. The van der Waals surface area contributed by atoms with E-state index in [4.69, 9.17) is 5.32 Å².